The second-order valence-corrected chi connectivity index (χ2v) is 6.41. The Morgan fingerprint density at radius 3 is 1.79 bits per heavy atom. The van der Waals surface area contributed by atoms with Gasteiger partial charge in [-0.25, -0.2) is 4.79 Å². The second-order valence-electron chi connectivity index (χ2n) is 6.41. The molecule has 1 fully saturated rings. The van der Waals surface area contributed by atoms with Crippen LogP contribution in [0.15, 0.2) is 0 Å². The molecule has 0 spiro atoms. The third kappa shape index (κ3) is 3.95. The van der Waals surface area contributed by atoms with E-state index in [0.717, 1.165) is 0 Å². The Morgan fingerprint density at radius 2 is 1.47 bits per heavy atom. The van der Waals surface area contributed by atoms with E-state index < -0.39 is 0 Å². The van der Waals surface area contributed by atoms with E-state index in [-0.39, 0.29) is 41.9 Å². The highest BCUT2D eigenvalue weighted by Gasteiger charge is 2.41. The van der Waals surface area contributed by atoms with Gasteiger partial charge >= 0.3 is 6.09 Å². The summed E-state index contributed by atoms with van der Waals surface area (Å²) in [5.41, 5.74) is 0. The van der Waals surface area contributed by atoms with Crippen LogP contribution < -0.4 is 0 Å². The molecule has 19 heavy (non-hydrogen) atoms. The molecule has 1 rings (SSSR count). The quantitative estimate of drug-likeness (QED) is 0.790. The zero-order valence-electron chi connectivity index (χ0n) is 13.0. The molecule has 1 amide bonds. The third-order valence-electron chi connectivity index (χ3n) is 3.67. The van der Waals surface area contributed by atoms with Crippen molar-refractivity contribution in [3.05, 3.63) is 0 Å². The molecule has 4 nitrogen and oxygen atoms in total. The van der Waals surface area contributed by atoms with Crippen molar-refractivity contribution in [3.8, 4) is 0 Å². The van der Waals surface area contributed by atoms with Crippen molar-refractivity contribution >= 4 is 11.9 Å². The molecule has 0 aliphatic carbocycles. The molecule has 0 aromatic carbocycles. The molecule has 0 bridgehead atoms. The monoisotopic (exact) mass is 269 g/mol. The summed E-state index contributed by atoms with van der Waals surface area (Å²) in [6, 6.07) is -0.0835. The number of carbonyl (C=O) groups is 2. The van der Waals surface area contributed by atoms with Gasteiger partial charge in [0.05, 0.1) is 6.10 Å². The molecule has 0 unspecified atom stereocenters. The van der Waals surface area contributed by atoms with Crippen LogP contribution in [0.1, 0.15) is 54.4 Å². The Morgan fingerprint density at radius 1 is 1.05 bits per heavy atom. The number of ether oxygens (including phenoxy) is 1. The smallest absolute Gasteiger partial charge is 0.410 e. The van der Waals surface area contributed by atoms with Gasteiger partial charge in [-0.15, -0.1) is 0 Å². The lowest BCUT2D eigenvalue weighted by atomic mass is 9.84. The van der Waals surface area contributed by atoms with Crippen LogP contribution in [0.2, 0.25) is 0 Å². The highest BCUT2D eigenvalue weighted by atomic mass is 16.6. The van der Waals surface area contributed by atoms with Gasteiger partial charge in [-0.2, -0.15) is 0 Å². The Hall–Kier alpha value is -1.06. The van der Waals surface area contributed by atoms with Crippen molar-refractivity contribution in [3.63, 3.8) is 0 Å². The molecular formula is C15H27NO3. The standard InChI is InChI=1S/C15H27NO3/c1-9(2)13-7-12(17)8-14(10(3)4)16(13)15(18)19-11(5)6/h9-11,13-14H,7-8H2,1-6H3/t13-,14-/m1/s1. The number of piperidine rings is 1. The first-order valence-corrected chi connectivity index (χ1v) is 7.24. The van der Waals surface area contributed by atoms with Crippen molar-refractivity contribution in [2.75, 3.05) is 0 Å². The number of rotatable bonds is 3. The van der Waals surface area contributed by atoms with E-state index in [9.17, 15) is 9.59 Å². The van der Waals surface area contributed by atoms with Crippen LogP contribution in [0.4, 0.5) is 4.79 Å². The van der Waals surface area contributed by atoms with Crippen molar-refractivity contribution < 1.29 is 14.3 Å². The van der Waals surface area contributed by atoms with E-state index in [1.165, 1.54) is 0 Å². The summed E-state index contributed by atoms with van der Waals surface area (Å²) in [5, 5.41) is 0. The second kappa shape index (κ2) is 6.40. The number of carbonyl (C=O) groups excluding carboxylic acids is 2. The summed E-state index contributed by atoms with van der Waals surface area (Å²) in [6.07, 6.45) is 0.493. The molecule has 0 aromatic rings. The van der Waals surface area contributed by atoms with E-state index in [2.05, 4.69) is 27.7 Å². The molecule has 4 heteroatoms. The zero-order chi connectivity index (χ0) is 14.7. The average Bonchev–Trinajstić information content (AvgIpc) is 2.26. The largest absolute Gasteiger partial charge is 0.447 e. The molecule has 0 N–H and O–H groups in total. The van der Waals surface area contributed by atoms with Crippen LogP contribution in [0.3, 0.4) is 0 Å². The number of amides is 1. The number of likely N-dealkylation sites (tertiary alicyclic amines) is 1. The summed E-state index contributed by atoms with van der Waals surface area (Å²) in [4.78, 5) is 26.1. The van der Waals surface area contributed by atoms with Gasteiger partial charge in [0.2, 0.25) is 0 Å². The third-order valence-corrected chi connectivity index (χ3v) is 3.67. The first-order valence-electron chi connectivity index (χ1n) is 7.24. The molecular weight excluding hydrogens is 242 g/mol. The lowest BCUT2D eigenvalue weighted by Crippen LogP contribution is -2.56. The van der Waals surface area contributed by atoms with Crippen molar-refractivity contribution in [1.82, 2.24) is 4.90 Å². The van der Waals surface area contributed by atoms with Crippen molar-refractivity contribution in [2.24, 2.45) is 11.8 Å². The van der Waals surface area contributed by atoms with Gasteiger partial charge in [0.15, 0.2) is 0 Å². The van der Waals surface area contributed by atoms with Gasteiger partial charge in [0.25, 0.3) is 0 Å². The van der Waals surface area contributed by atoms with Crippen LogP contribution >= 0.6 is 0 Å². The Kier molecular flexibility index (Phi) is 5.39. The Labute approximate surface area is 116 Å². The lowest BCUT2D eigenvalue weighted by molar-refractivity contribution is -0.126. The normalized spacial score (nSPS) is 24.5. The highest BCUT2D eigenvalue weighted by Crippen LogP contribution is 2.30. The molecule has 110 valence electrons. The highest BCUT2D eigenvalue weighted by molar-refractivity contribution is 5.83. The molecule has 0 saturated carbocycles. The molecule has 0 aromatic heterocycles. The van der Waals surface area contributed by atoms with E-state index in [0.29, 0.717) is 12.8 Å². The van der Waals surface area contributed by atoms with Crippen LogP contribution in [0, 0.1) is 11.8 Å². The van der Waals surface area contributed by atoms with E-state index in [4.69, 9.17) is 4.74 Å². The first-order chi connectivity index (χ1) is 8.73. The minimum Gasteiger partial charge on any atom is -0.447 e. The van der Waals surface area contributed by atoms with Crippen LogP contribution in [-0.2, 0) is 9.53 Å². The Balaban J connectivity index is 3.00. The van der Waals surface area contributed by atoms with E-state index >= 15 is 0 Å². The fourth-order valence-electron chi connectivity index (χ4n) is 2.64. The van der Waals surface area contributed by atoms with Gasteiger partial charge in [0.1, 0.15) is 5.78 Å². The van der Waals surface area contributed by atoms with Gasteiger partial charge < -0.3 is 9.64 Å². The molecule has 1 heterocycles. The van der Waals surface area contributed by atoms with Crippen LogP contribution in [-0.4, -0.2) is 35.0 Å². The minimum absolute atomic E-state index is 0.0418. The van der Waals surface area contributed by atoms with Gasteiger partial charge in [-0.3, -0.25) is 4.79 Å². The number of Topliss-reactive ketones (excluding diaryl/α,β-unsaturated/α-hetero) is 1. The number of nitrogens with zero attached hydrogens (tertiary/aromatic N) is 1. The number of ketones is 1. The molecule has 0 radical (unpaired) electrons. The summed E-state index contributed by atoms with van der Waals surface area (Å²) < 4.78 is 5.36. The first kappa shape index (κ1) is 16.0. The maximum absolute atomic E-state index is 12.3. The Bertz CT molecular complexity index is 316. The van der Waals surface area contributed by atoms with Gasteiger partial charge in [0, 0.05) is 24.9 Å². The fraction of sp³-hybridized carbons (Fsp3) is 0.867. The van der Waals surface area contributed by atoms with Crippen LogP contribution in [0.25, 0.3) is 0 Å². The number of hydrogen-bond acceptors (Lipinski definition) is 3. The molecule has 1 aliphatic heterocycles. The van der Waals surface area contributed by atoms with Gasteiger partial charge in [-0.1, -0.05) is 27.7 Å². The molecule has 1 aliphatic rings. The fourth-order valence-corrected chi connectivity index (χ4v) is 2.64. The predicted molar refractivity (Wildman–Crippen MR) is 74.9 cm³/mol. The summed E-state index contributed by atoms with van der Waals surface area (Å²) in [6.45, 7) is 11.9. The maximum Gasteiger partial charge on any atom is 0.410 e. The molecule has 2 atom stereocenters. The SMILES string of the molecule is CC(C)OC(=O)N1[C@@H](C(C)C)CC(=O)C[C@@H]1C(C)C. The summed E-state index contributed by atoms with van der Waals surface area (Å²) >= 11 is 0. The predicted octanol–water partition coefficient (Wildman–Crippen LogP) is 3.25. The van der Waals surface area contributed by atoms with Crippen molar-refractivity contribution in [1.29, 1.82) is 0 Å². The lowest BCUT2D eigenvalue weighted by Gasteiger charge is -2.44. The zero-order valence-corrected chi connectivity index (χ0v) is 13.0. The van der Waals surface area contributed by atoms with Crippen LogP contribution in [0.5, 0.6) is 0 Å². The summed E-state index contributed by atoms with van der Waals surface area (Å²) in [7, 11) is 0. The molecule has 1 saturated heterocycles. The minimum atomic E-state index is -0.278. The average molecular weight is 269 g/mol. The number of hydrogen-bond donors (Lipinski definition) is 0. The topological polar surface area (TPSA) is 46.6 Å². The van der Waals surface area contributed by atoms with E-state index in [1.807, 2.05) is 18.7 Å². The summed E-state index contributed by atoms with van der Waals surface area (Å²) in [5.74, 6) is 0.765. The maximum atomic E-state index is 12.3. The van der Waals surface area contributed by atoms with Gasteiger partial charge in [-0.05, 0) is 25.7 Å². The van der Waals surface area contributed by atoms with Crippen molar-refractivity contribution in [2.45, 2.75) is 72.6 Å². The van der Waals surface area contributed by atoms with E-state index in [1.54, 1.807) is 0 Å².